The summed E-state index contributed by atoms with van der Waals surface area (Å²) in [6.07, 6.45) is 0. The second-order valence-corrected chi connectivity index (χ2v) is 1.63. The standard InChI is InChI=1S/C5H9NO/c1-4(2)5(3)6-7/h5H,1H2,2-3H3. The van der Waals surface area contributed by atoms with Gasteiger partial charge in [0.15, 0.2) is 0 Å². The average molecular weight is 99.1 g/mol. The lowest BCUT2D eigenvalue weighted by atomic mass is 10.2. The molecule has 0 aromatic heterocycles. The second kappa shape index (κ2) is 2.50. The molecule has 0 aliphatic rings. The topological polar surface area (TPSA) is 29.4 Å². The summed E-state index contributed by atoms with van der Waals surface area (Å²) in [7, 11) is 0. The Bertz CT molecular complexity index is 88.1. The van der Waals surface area contributed by atoms with Crippen LogP contribution in [0.4, 0.5) is 0 Å². The van der Waals surface area contributed by atoms with Crippen molar-refractivity contribution in [2.75, 3.05) is 0 Å². The van der Waals surface area contributed by atoms with Crippen molar-refractivity contribution in [1.29, 1.82) is 0 Å². The highest BCUT2D eigenvalue weighted by molar-refractivity contribution is 4.98. The van der Waals surface area contributed by atoms with Crippen LogP contribution >= 0.6 is 0 Å². The number of nitroso groups, excluding NO2 is 1. The molecule has 0 N–H and O–H groups in total. The van der Waals surface area contributed by atoms with E-state index < -0.39 is 0 Å². The molecule has 0 radical (unpaired) electrons. The van der Waals surface area contributed by atoms with Crippen LogP contribution in [0.5, 0.6) is 0 Å². The minimum Gasteiger partial charge on any atom is -0.150 e. The molecule has 0 bridgehead atoms. The Morgan fingerprint density at radius 2 is 2.29 bits per heavy atom. The summed E-state index contributed by atoms with van der Waals surface area (Å²) in [6, 6.07) is -0.222. The van der Waals surface area contributed by atoms with Crippen molar-refractivity contribution in [3.8, 4) is 0 Å². The summed E-state index contributed by atoms with van der Waals surface area (Å²) in [5.41, 5.74) is 0.815. The third-order valence-electron chi connectivity index (χ3n) is 0.871. The first-order chi connectivity index (χ1) is 3.18. The van der Waals surface area contributed by atoms with E-state index in [1.807, 2.05) is 0 Å². The van der Waals surface area contributed by atoms with E-state index in [0.717, 1.165) is 5.57 Å². The fourth-order valence-corrected chi connectivity index (χ4v) is 0.0900. The van der Waals surface area contributed by atoms with Crippen molar-refractivity contribution < 1.29 is 0 Å². The maximum absolute atomic E-state index is 9.64. The summed E-state index contributed by atoms with van der Waals surface area (Å²) >= 11 is 0. The molecule has 2 heteroatoms. The number of nitrogens with zero attached hydrogens (tertiary/aromatic N) is 1. The van der Waals surface area contributed by atoms with Crippen LogP contribution in [0.15, 0.2) is 17.3 Å². The molecule has 7 heavy (non-hydrogen) atoms. The van der Waals surface area contributed by atoms with Gasteiger partial charge in [-0.2, -0.15) is 4.91 Å². The number of hydrogen-bond acceptors (Lipinski definition) is 2. The van der Waals surface area contributed by atoms with E-state index in [1.54, 1.807) is 13.8 Å². The van der Waals surface area contributed by atoms with Gasteiger partial charge in [0.25, 0.3) is 0 Å². The molecule has 2 nitrogen and oxygen atoms in total. The van der Waals surface area contributed by atoms with Gasteiger partial charge in [0.05, 0.1) is 0 Å². The predicted molar refractivity (Wildman–Crippen MR) is 30.1 cm³/mol. The molecular weight excluding hydrogens is 90.1 g/mol. The highest BCUT2D eigenvalue weighted by atomic mass is 16.3. The fraction of sp³-hybridized carbons (Fsp3) is 0.600. The van der Waals surface area contributed by atoms with Gasteiger partial charge in [0, 0.05) is 0 Å². The Kier molecular flexibility index (Phi) is 2.27. The highest BCUT2D eigenvalue weighted by Gasteiger charge is 1.96. The minimum absolute atomic E-state index is 0.222. The highest BCUT2D eigenvalue weighted by Crippen LogP contribution is 1.98. The van der Waals surface area contributed by atoms with Gasteiger partial charge in [-0.1, -0.05) is 17.3 Å². The van der Waals surface area contributed by atoms with Gasteiger partial charge in [-0.3, -0.25) is 0 Å². The Balaban J connectivity index is 3.55. The van der Waals surface area contributed by atoms with Gasteiger partial charge in [0.2, 0.25) is 0 Å². The lowest BCUT2D eigenvalue weighted by Gasteiger charge is -1.95. The zero-order chi connectivity index (χ0) is 5.86. The van der Waals surface area contributed by atoms with Gasteiger partial charge >= 0.3 is 0 Å². The van der Waals surface area contributed by atoms with Crippen molar-refractivity contribution in [1.82, 2.24) is 0 Å². The zero-order valence-electron chi connectivity index (χ0n) is 4.64. The van der Waals surface area contributed by atoms with Crippen LogP contribution in [0.2, 0.25) is 0 Å². The summed E-state index contributed by atoms with van der Waals surface area (Å²) < 4.78 is 0. The van der Waals surface area contributed by atoms with Crippen molar-refractivity contribution in [3.63, 3.8) is 0 Å². The van der Waals surface area contributed by atoms with Crippen molar-refractivity contribution in [2.24, 2.45) is 5.18 Å². The van der Waals surface area contributed by atoms with Crippen molar-refractivity contribution >= 4 is 0 Å². The zero-order valence-corrected chi connectivity index (χ0v) is 4.64. The molecule has 0 fully saturated rings. The molecule has 0 aromatic carbocycles. The molecule has 1 unspecified atom stereocenters. The Hall–Kier alpha value is -0.660. The summed E-state index contributed by atoms with van der Waals surface area (Å²) in [5.74, 6) is 0. The third-order valence-corrected chi connectivity index (χ3v) is 0.871. The smallest absolute Gasteiger partial charge is 0.110 e. The van der Waals surface area contributed by atoms with E-state index >= 15 is 0 Å². The van der Waals surface area contributed by atoms with Crippen LogP contribution in [-0.4, -0.2) is 6.04 Å². The maximum Gasteiger partial charge on any atom is 0.110 e. The molecule has 40 valence electrons. The first kappa shape index (κ1) is 6.34. The molecule has 0 saturated heterocycles. The van der Waals surface area contributed by atoms with Crippen molar-refractivity contribution in [3.05, 3.63) is 17.1 Å². The quantitative estimate of drug-likeness (QED) is 0.383. The van der Waals surface area contributed by atoms with Crippen LogP contribution in [0.25, 0.3) is 0 Å². The Labute approximate surface area is 43.2 Å². The maximum atomic E-state index is 9.64. The molecular formula is C5H9NO. The van der Waals surface area contributed by atoms with Crippen LogP contribution in [0.3, 0.4) is 0 Å². The first-order valence-electron chi connectivity index (χ1n) is 2.16. The monoisotopic (exact) mass is 99.1 g/mol. The fourth-order valence-electron chi connectivity index (χ4n) is 0.0900. The summed E-state index contributed by atoms with van der Waals surface area (Å²) in [5, 5.41) is 2.74. The Morgan fingerprint density at radius 1 is 1.86 bits per heavy atom. The average Bonchev–Trinajstić information content (AvgIpc) is 1.65. The lowest BCUT2D eigenvalue weighted by molar-refractivity contribution is 0.858. The second-order valence-electron chi connectivity index (χ2n) is 1.63. The summed E-state index contributed by atoms with van der Waals surface area (Å²) in [6.45, 7) is 7.03. The van der Waals surface area contributed by atoms with Crippen LogP contribution < -0.4 is 0 Å². The van der Waals surface area contributed by atoms with E-state index in [-0.39, 0.29) is 6.04 Å². The largest absolute Gasteiger partial charge is 0.150 e. The van der Waals surface area contributed by atoms with E-state index in [0.29, 0.717) is 0 Å². The van der Waals surface area contributed by atoms with Gasteiger partial charge in [-0.15, -0.1) is 0 Å². The SMILES string of the molecule is C=C(C)C(C)N=O. The molecule has 1 atom stereocenters. The molecule has 0 amide bonds. The molecule has 0 aromatic rings. The molecule has 0 rings (SSSR count). The van der Waals surface area contributed by atoms with Crippen LogP contribution in [-0.2, 0) is 0 Å². The van der Waals surface area contributed by atoms with E-state index in [1.165, 1.54) is 0 Å². The molecule has 0 saturated carbocycles. The van der Waals surface area contributed by atoms with Gasteiger partial charge < -0.3 is 0 Å². The minimum atomic E-state index is -0.222. The number of rotatable bonds is 2. The molecule has 0 spiro atoms. The van der Waals surface area contributed by atoms with E-state index in [9.17, 15) is 4.91 Å². The molecule has 0 aliphatic carbocycles. The van der Waals surface area contributed by atoms with Crippen LogP contribution in [0, 0.1) is 4.91 Å². The van der Waals surface area contributed by atoms with Gasteiger partial charge in [0.1, 0.15) is 6.04 Å². The number of hydrogen-bond donors (Lipinski definition) is 0. The predicted octanol–water partition coefficient (Wildman–Crippen LogP) is 1.72. The normalized spacial score (nSPS) is 12.9. The molecule has 0 aliphatic heterocycles. The first-order valence-corrected chi connectivity index (χ1v) is 2.16. The third kappa shape index (κ3) is 2.09. The summed E-state index contributed by atoms with van der Waals surface area (Å²) in [4.78, 5) is 9.64. The lowest BCUT2D eigenvalue weighted by Crippen LogP contribution is -1.94. The Morgan fingerprint density at radius 3 is 2.29 bits per heavy atom. The van der Waals surface area contributed by atoms with Crippen molar-refractivity contribution in [2.45, 2.75) is 19.9 Å². The van der Waals surface area contributed by atoms with E-state index in [2.05, 4.69) is 11.8 Å². The van der Waals surface area contributed by atoms with Crippen LogP contribution in [0.1, 0.15) is 13.8 Å². The van der Waals surface area contributed by atoms with E-state index in [4.69, 9.17) is 0 Å². The molecule has 0 heterocycles. The van der Waals surface area contributed by atoms with Gasteiger partial charge in [-0.05, 0) is 13.8 Å². The van der Waals surface area contributed by atoms with Gasteiger partial charge in [-0.25, -0.2) is 0 Å².